The van der Waals surface area contributed by atoms with E-state index < -0.39 is 0 Å². The summed E-state index contributed by atoms with van der Waals surface area (Å²) in [5.41, 5.74) is 7.07. The molecule has 0 aliphatic heterocycles. The lowest BCUT2D eigenvalue weighted by Crippen LogP contribution is -2.20. The van der Waals surface area contributed by atoms with Gasteiger partial charge in [0.05, 0.1) is 11.4 Å². The van der Waals surface area contributed by atoms with E-state index in [-0.39, 0.29) is 17.3 Å². The summed E-state index contributed by atoms with van der Waals surface area (Å²) < 4.78 is 0.924. The molecule has 3 nitrogen and oxygen atoms in total. The summed E-state index contributed by atoms with van der Waals surface area (Å²) in [6.45, 7) is 1.95. The maximum atomic E-state index is 11.4. The number of carbonyl (C=O) groups excluding carboxylic acids is 1. The first-order valence-corrected chi connectivity index (χ1v) is 5.53. The number of benzene rings is 1. The van der Waals surface area contributed by atoms with Crippen LogP contribution in [0.5, 0.6) is 0 Å². The largest absolute Gasteiger partial charge is 0.393 e. The number of nitrogens with two attached hydrogens (primary N) is 1. The molecule has 0 aromatic heterocycles. The van der Waals surface area contributed by atoms with Crippen LogP contribution >= 0.6 is 28.1 Å². The van der Waals surface area contributed by atoms with Gasteiger partial charge in [-0.15, -0.1) is 0 Å². The second-order valence-corrected chi connectivity index (χ2v) is 4.65. The molecule has 0 bridgehead atoms. The lowest BCUT2D eigenvalue weighted by atomic mass is 10.2. The molecule has 1 amide bonds. The molecule has 3 N–H and O–H groups in total. The summed E-state index contributed by atoms with van der Waals surface area (Å²) in [5.74, 6) is -0.194. The van der Waals surface area contributed by atoms with Gasteiger partial charge in [0.15, 0.2) is 0 Å². The van der Waals surface area contributed by atoms with E-state index in [1.807, 2.05) is 25.1 Å². The van der Waals surface area contributed by atoms with Crippen molar-refractivity contribution >= 4 is 44.7 Å². The lowest BCUT2D eigenvalue weighted by Gasteiger charge is -2.06. The Hall–Kier alpha value is -0.940. The van der Waals surface area contributed by atoms with Crippen LogP contribution in [0, 0.1) is 6.92 Å². The Kier molecular flexibility index (Phi) is 4.23. The third-order valence-corrected chi connectivity index (χ3v) is 2.26. The molecule has 0 radical (unpaired) electrons. The van der Waals surface area contributed by atoms with Crippen molar-refractivity contribution in [2.24, 2.45) is 5.73 Å². The van der Waals surface area contributed by atoms with Crippen LogP contribution in [0.15, 0.2) is 22.7 Å². The van der Waals surface area contributed by atoms with Gasteiger partial charge in [0.25, 0.3) is 0 Å². The molecule has 0 unspecified atom stereocenters. The van der Waals surface area contributed by atoms with Gasteiger partial charge in [-0.1, -0.05) is 28.1 Å². The first kappa shape index (κ1) is 12.1. The molecule has 0 fully saturated rings. The van der Waals surface area contributed by atoms with Crippen LogP contribution in [0.2, 0.25) is 0 Å². The monoisotopic (exact) mass is 286 g/mol. The number of anilines is 1. The Morgan fingerprint density at radius 1 is 1.53 bits per heavy atom. The van der Waals surface area contributed by atoms with Crippen LogP contribution in [0.4, 0.5) is 5.69 Å². The summed E-state index contributed by atoms with van der Waals surface area (Å²) in [4.78, 5) is 11.5. The third kappa shape index (κ3) is 4.40. The second kappa shape index (κ2) is 5.23. The summed E-state index contributed by atoms with van der Waals surface area (Å²) in [7, 11) is 0. The summed E-state index contributed by atoms with van der Waals surface area (Å²) in [5, 5.41) is 2.72. The fraction of sp³-hybridized carbons (Fsp3) is 0.200. The van der Waals surface area contributed by atoms with Crippen molar-refractivity contribution < 1.29 is 4.79 Å². The summed E-state index contributed by atoms with van der Waals surface area (Å²) in [6.07, 6.45) is 0.0703. The number of carbonyl (C=O) groups is 1. The number of rotatable bonds is 3. The van der Waals surface area contributed by atoms with E-state index >= 15 is 0 Å². The Morgan fingerprint density at radius 2 is 2.20 bits per heavy atom. The highest BCUT2D eigenvalue weighted by molar-refractivity contribution is 9.10. The predicted octanol–water partition coefficient (Wildman–Crippen LogP) is 2.37. The zero-order valence-corrected chi connectivity index (χ0v) is 10.6. The number of thiocarbonyl (C=S) groups is 1. The summed E-state index contributed by atoms with van der Waals surface area (Å²) in [6, 6.07) is 5.66. The van der Waals surface area contributed by atoms with Crippen molar-refractivity contribution in [1.29, 1.82) is 0 Å². The maximum Gasteiger partial charge on any atom is 0.231 e. The number of amides is 1. The van der Waals surface area contributed by atoms with Gasteiger partial charge in [-0.25, -0.2) is 0 Å². The highest BCUT2D eigenvalue weighted by atomic mass is 79.9. The van der Waals surface area contributed by atoms with Gasteiger partial charge in [0.2, 0.25) is 5.91 Å². The van der Waals surface area contributed by atoms with E-state index in [1.165, 1.54) is 0 Å². The normalized spacial score (nSPS) is 9.73. The molecule has 80 valence electrons. The van der Waals surface area contributed by atoms with Gasteiger partial charge >= 0.3 is 0 Å². The Morgan fingerprint density at radius 3 is 2.73 bits per heavy atom. The molecule has 15 heavy (non-hydrogen) atoms. The average Bonchev–Trinajstić information content (AvgIpc) is 1.98. The zero-order chi connectivity index (χ0) is 11.4. The molecule has 0 saturated heterocycles. The number of hydrogen-bond acceptors (Lipinski definition) is 2. The minimum absolute atomic E-state index is 0.0703. The van der Waals surface area contributed by atoms with Gasteiger partial charge in [-0.3, -0.25) is 4.79 Å². The molecule has 0 aliphatic carbocycles. The molecule has 0 saturated carbocycles. The van der Waals surface area contributed by atoms with Gasteiger partial charge in [0, 0.05) is 10.2 Å². The molecule has 1 rings (SSSR count). The smallest absolute Gasteiger partial charge is 0.231 e. The van der Waals surface area contributed by atoms with Crippen LogP contribution in [-0.2, 0) is 4.79 Å². The van der Waals surface area contributed by atoms with Crippen LogP contribution in [-0.4, -0.2) is 10.9 Å². The van der Waals surface area contributed by atoms with Crippen LogP contribution in [0.1, 0.15) is 12.0 Å². The highest BCUT2D eigenvalue weighted by Gasteiger charge is 2.04. The first-order chi connectivity index (χ1) is 6.97. The fourth-order valence-corrected chi connectivity index (χ4v) is 1.91. The highest BCUT2D eigenvalue weighted by Crippen LogP contribution is 2.19. The van der Waals surface area contributed by atoms with Crippen molar-refractivity contribution in [3.8, 4) is 0 Å². The molecule has 0 atom stereocenters. The maximum absolute atomic E-state index is 11.4. The van der Waals surface area contributed by atoms with E-state index in [0.717, 1.165) is 15.7 Å². The van der Waals surface area contributed by atoms with E-state index in [4.69, 9.17) is 5.73 Å². The molecular weight excluding hydrogens is 276 g/mol. The Bertz CT molecular complexity index is 386. The SMILES string of the molecule is Cc1cc(Br)cc(NC(=O)CC(N)=S)c1. The quantitative estimate of drug-likeness (QED) is 0.839. The zero-order valence-electron chi connectivity index (χ0n) is 8.21. The molecule has 1 aromatic carbocycles. The third-order valence-electron chi connectivity index (χ3n) is 1.66. The topological polar surface area (TPSA) is 55.1 Å². The van der Waals surface area contributed by atoms with Crippen molar-refractivity contribution in [3.63, 3.8) is 0 Å². The number of hydrogen-bond donors (Lipinski definition) is 2. The van der Waals surface area contributed by atoms with Crippen molar-refractivity contribution in [3.05, 3.63) is 28.2 Å². The van der Waals surface area contributed by atoms with E-state index in [2.05, 4.69) is 33.5 Å². The fourth-order valence-electron chi connectivity index (χ4n) is 1.17. The molecule has 1 aromatic rings. The van der Waals surface area contributed by atoms with E-state index in [1.54, 1.807) is 0 Å². The minimum Gasteiger partial charge on any atom is -0.393 e. The molecular formula is C10H11BrN2OS. The molecule has 0 spiro atoms. The van der Waals surface area contributed by atoms with Crippen molar-refractivity contribution in [2.75, 3.05) is 5.32 Å². The van der Waals surface area contributed by atoms with Gasteiger partial charge in [-0.2, -0.15) is 0 Å². The average molecular weight is 287 g/mol. The predicted molar refractivity (Wildman–Crippen MR) is 68.9 cm³/mol. The minimum atomic E-state index is -0.194. The van der Waals surface area contributed by atoms with E-state index in [9.17, 15) is 4.79 Å². The first-order valence-electron chi connectivity index (χ1n) is 4.33. The number of nitrogens with one attached hydrogen (secondary N) is 1. The van der Waals surface area contributed by atoms with Gasteiger partial charge in [-0.05, 0) is 30.7 Å². The lowest BCUT2D eigenvalue weighted by molar-refractivity contribution is -0.115. The Labute approximate surface area is 102 Å². The van der Waals surface area contributed by atoms with Crippen molar-refractivity contribution in [2.45, 2.75) is 13.3 Å². The van der Waals surface area contributed by atoms with Gasteiger partial charge < -0.3 is 11.1 Å². The molecule has 0 heterocycles. The molecule has 0 aliphatic rings. The number of halogens is 1. The van der Waals surface area contributed by atoms with Crippen LogP contribution in [0.3, 0.4) is 0 Å². The van der Waals surface area contributed by atoms with Crippen molar-refractivity contribution in [1.82, 2.24) is 0 Å². The summed E-state index contributed by atoms with van der Waals surface area (Å²) >= 11 is 8.00. The standard InChI is InChI=1S/C10H11BrN2OS/c1-6-2-7(11)4-8(3-6)13-10(14)5-9(12)15/h2-4H,5H2,1H3,(H2,12,15)(H,13,14). The van der Waals surface area contributed by atoms with E-state index in [0.29, 0.717) is 0 Å². The molecule has 5 heteroatoms. The van der Waals surface area contributed by atoms with Gasteiger partial charge in [0.1, 0.15) is 0 Å². The van der Waals surface area contributed by atoms with Crippen LogP contribution in [0.25, 0.3) is 0 Å². The number of aryl methyl sites for hydroxylation is 1. The Balaban J connectivity index is 2.72. The second-order valence-electron chi connectivity index (χ2n) is 3.21. The van der Waals surface area contributed by atoms with Crippen LogP contribution < -0.4 is 11.1 Å².